The second-order valence-electron chi connectivity index (χ2n) is 6.21. The zero-order valence-corrected chi connectivity index (χ0v) is 16.2. The van der Waals surface area contributed by atoms with Crippen LogP contribution < -0.4 is 4.74 Å². The molecule has 2 atom stereocenters. The molecule has 1 aromatic heterocycles. The molecule has 2 aromatic rings. The van der Waals surface area contributed by atoms with Crippen LogP contribution in [0.5, 0.6) is 5.75 Å². The minimum Gasteiger partial charge on any atom is -0.486 e. The van der Waals surface area contributed by atoms with Gasteiger partial charge in [-0.15, -0.1) is 11.3 Å². The van der Waals surface area contributed by atoms with Crippen molar-refractivity contribution in [1.82, 2.24) is 9.88 Å². The minimum atomic E-state index is -0.337. The summed E-state index contributed by atoms with van der Waals surface area (Å²) in [6, 6.07) is 7.06. The molecule has 1 fully saturated rings. The lowest BCUT2D eigenvalue weighted by atomic mass is 10.2. The summed E-state index contributed by atoms with van der Waals surface area (Å²) in [4.78, 5) is 19.7. The molecule has 1 amide bonds. The standard InChI is InChI=1S/C18H21ClN2O4S/c1-11-9-24-15(8-22)7-21(11)18(23)17-12(2)20-16(26-17)10-25-14-5-3-13(19)4-6-14/h3-6,11,15,22H,7-10H2,1-2H3/t11-,15-/m0/s1. The predicted molar refractivity (Wildman–Crippen MR) is 100.0 cm³/mol. The number of carbonyl (C=O) groups is 1. The van der Waals surface area contributed by atoms with Crippen LogP contribution in [0.2, 0.25) is 5.02 Å². The first-order valence-corrected chi connectivity index (χ1v) is 9.55. The van der Waals surface area contributed by atoms with E-state index in [1.165, 1.54) is 11.3 Å². The maximum Gasteiger partial charge on any atom is 0.266 e. The Balaban J connectivity index is 1.68. The molecule has 1 N–H and O–H groups in total. The molecule has 0 spiro atoms. The Labute approximate surface area is 161 Å². The predicted octanol–water partition coefficient (Wildman–Crippen LogP) is 2.91. The van der Waals surface area contributed by atoms with Crippen LogP contribution in [0.15, 0.2) is 24.3 Å². The molecule has 3 rings (SSSR count). The Bertz CT molecular complexity index is 765. The molecule has 1 aromatic carbocycles. The van der Waals surface area contributed by atoms with Crippen LogP contribution >= 0.6 is 22.9 Å². The van der Waals surface area contributed by atoms with E-state index in [-0.39, 0.29) is 24.7 Å². The number of aryl methyl sites for hydroxylation is 1. The zero-order valence-electron chi connectivity index (χ0n) is 14.6. The summed E-state index contributed by atoms with van der Waals surface area (Å²) in [6.07, 6.45) is -0.337. The first-order valence-electron chi connectivity index (χ1n) is 8.36. The normalized spacial score (nSPS) is 20.2. The number of nitrogens with zero attached hydrogens (tertiary/aromatic N) is 2. The molecule has 0 unspecified atom stereocenters. The number of halogens is 1. The van der Waals surface area contributed by atoms with Gasteiger partial charge in [0, 0.05) is 11.6 Å². The lowest BCUT2D eigenvalue weighted by Crippen LogP contribution is -2.52. The highest BCUT2D eigenvalue weighted by Gasteiger charge is 2.31. The summed E-state index contributed by atoms with van der Waals surface area (Å²) < 4.78 is 11.2. The third kappa shape index (κ3) is 4.35. The summed E-state index contributed by atoms with van der Waals surface area (Å²) in [5.41, 5.74) is 0.689. The van der Waals surface area contributed by atoms with Gasteiger partial charge < -0.3 is 19.5 Å². The first kappa shape index (κ1) is 19.1. The van der Waals surface area contributed by atoms with Crippen LogP contribution in [-0.4, -0.2) is 52.8 Å². The van der Waals surface area contributed by atoms with Gasteiger partial charge in [-0.25, -0.2) is 4.98 Å². The number of amides is 1. The molecule has 140 valence electrons. The van der Waals surface area contributed by atoms with E-state index in [0.29, 0.717) is 41.1 Å². The highest BCUT2D eigenvalue weighted by atomic mass is 35.5. The van der Waals surface area contributed by atoms with Gasteiger partial charge >= 0.3 is 0 Å². The summed E-state index contributed by atoms with van der Waals surface area (Å²) in [5.74, 6) is 0.620. The third-order valence-electron chi connectivity index (χ3n) is 4.18. The molecule has 6 nitrogen and oxygen atoms in total. The summed E-state index contributed by atoms with van der Waals surface area (Å²) in [5, 5.41) is 10.7. The van der Waals surface area contributed by atoms with Gasteiger partial charge in [-0.1, -0.05) is 11.6 Å². The molecule has 2 heterocycles. The van der Waals surface area contributed by atoms with Crippen molar-refractivity contribution in [1.29, 1.82) is 0 Å². The molecular weight excluding hydrogens is 376 g/mol. The number of rotatable bonds is 5. The smallest absolute Gasteiger partial charge is 0.266 e. The number of morpholine rings is 1. The number of ether oxygens (including phenoxy) is 2. The Morgan fingerprint density at radius 2 is 2.19 bits per heavy atom. The van der Waals surface area contributed by atoms with Crippen molar-refractivity contribution >= 4 is 28.8 Å². The summed E-state index contributed by atoms with van der Waals surface area (Å²) in [6.45, 7) is 4.75. The van der Waals surface area contributed by atoms with E-state index in [0.717, 1.165) is 5.01 Å². The molecule has 1 aliphatic heterocycles. The molecule has 1 aliphatic rings. The van der Waals surface area contributed by atoms with Crippen molar-refractivity contribution in [3.63, 3.8) is 0 Å². The van der Waals surface area contributed by atoms with Gasteiger partial charge in [-0.05, 0) is 38.1 Å². The van der Waals surface area contributed by atoms with Crippen molar-refractivity contribution in [2.45, 2.75) is 32.6 Å². The topological polar surface area (TPSA) is 71.9 Å². The highest BCUT2D eigenvalue weighted by Crippen LogP contribution is 2.24. The quantitative estimate of drug-likeness (QED) is 0.841. The van der Waals surface area contributed by atoms with Gasteiger partial charge in [0.05, 0.1) is 31.1 Å². The summed E-state index contributed by atoms with van der Waals surface area (Å²) >= 11 is 7.20. The maximum absolute atomic E-state index is 12.9. The van der Waals surface area contributed by atoms with E-state index < -0.39 is 0 Å². The van der Waals surface area contributed by atoms with Crippen LogP contribution in [0.25, 0.3) is 0 Å². The van der Waals surface area contributed by atoms with Gasteiger partial charge in [0.25, 0.3) is 5.91 Å². The Morgan fingerprint density at radius 1 is 1.46 bits per heavy atom. The van der Waals surface area contributed by atoms with Crippen molar-refractivity contribution in [3.8, 4) is 5.75 Å². The molecule has 0 radical (unpaired) electrons. The minimum absolute atomic E-state index is 0.0411. The average Bonchev–Trinajstić information content (AvgIpc) is 3.02. The number of benzene rings is 1. The van der Waals surface area contributed by atoms with E-state index in [9.17, 15) is 9.90 Å². The maximum atomic E-state index is 12.9. The summed E-state index contributed by atoms with van der Waals surface area (Å²) in [7, 11) is 0. The number of carbonyl (C=O) groups excluding carboxylic acids is 1. The van der Waals surface area contributed by atoms with Crippen LogP contribution in [0.3, 0.4) is 0 Å². The molecule has 0 bridgehead atoms. The average molecular weight is 397 g/mol. The van der Waals surface area contributed by atoms with Gasteiger partial charge in [-0.2, -0.15) is 0 Å². The largest absolute Gasteiger partial charge is 0.486 e. The molecule has 26 heavy (non-hydrogen) atoms. The number of aromatic nitrogens is 1. The van der Waals surface area contributed by atoms with Crippen molar-refractivity contribution < 1.29 is 19.4 Å². The first-order chi connectivity index (χ1) is 12.5. The Morgan fingerprint density at radius 3 is 2.88 bits per heavy atom. The fraction of sp³-hybridized carbons (Fsp3) is 0.444. The van der Waals surface area contributed by atoms with Gasteiger partial charge in [-0.3, -0.25) is 4.79 Å². The third-order valence-corrected chi connectivity index (χ3v) is 5.55. The number of hydrogen-bond acceptors (Lipinski definition) is 6. The lowest BCUT2D eigenvalue weighted by molar-refractivity contribution is -0.0666. The second kappa shape index (κ2) is 8.35. The fourth-order valence-corrected chi connectivity index (χ4v) is 3.79. The van der Waals surface area contributed by atoms with Crippen LogP contribution in [0, 0.1) is 6.92 Å². The molecule has 8 heteroatoms. The van der Waals surface area contributed by atoms with Crippen molar-refractivity contribution in [2.24, 2.45) is 0 Å². The van der Waals surface area contributed by atoms with Gasteiger partial charge in [0.1, 0.15) is 22.2 Å². The monoisotopic (exact) mass is 396 g/mol. The second-order valence-corrected chi connectivity index (χ2v) is 7.73. The zero-order chi connectivity index (χ0) is 18.7. The van der Waals surface area contributed by atoms with Crippen molar-refractivity contribution in [2.75, 3.05) is 19.8 Å². The van der Waals surface area contributed by atoms with Gasteiger partial charge in [0.15, 0.2) is 0 Å². The van der Waals surface area contributed by atoms with E-state index in [1.807, 2.05) is 13.8 Å². The lowest BCUT2D eigenvalue weighted by Gasteiger charge is -2.37. The van der Waals surface area contributed by atoms with Gasteiger partial charge in [0.2, 0.25) is 0 Å². The van der Waals surface area contributed by atoms with Crippen molar-refractivity contribution in [3.05, 3.63) is 44.9 Å². The number of hydrogen-bond donors (Lipinski definition) is 1. The van der Waals surface area contributed by atoms with E-state index in [4.69, 9.17) is 21.1 Å². The molecule has 0 aliphatic carbocycles. The number of aliphatic hydroxyl groups is 1. The Kier molecular flexibility index (Phi) is 6.13. The van der Waals surface area contributed by atoms with Crippen LogP contribution in [-0.2, 0) is 11.3 Å². The number of thiazole rings is 1. The van der Waals surface area contributed by atoms with E-state index in [2.05, 4.69) is 4.98 Å². The molecule has 0 saturated carbocycles. The molecular formula is C18H21ClN2O4S. The van der Waals surface area contributed by atoms with Crippen LogP contribution in [0.4, 0.5) is 0 Å². The van der Waals surface area contributed by atoms with E-state index >= 15 is 0 Å². The highest BCUT2D eigenvalue weighted by molar-refractivity contribution is 7.13. The van der Waals surface area contributed by atoms with Crippen LogP contribution in [0.1, 0.15) is 27.3 Å². The Hall–Kier alpha value is -1.67. The number of aliphatic hydroxyl groups excluding tert-OH is 1. The fourth-order valence-electron chi connectivity index (χ4n) is 2.73. The van der Waals surface area contributed by atoms with E-state index in [1.54, 1.807) is 29.2 Å². The SMILES string of the molecule is Cc1nc(COc2ccc(Cl)cc2)sc1C(=O)N1C[C@@H](CO)OC[C@@H]1C. The molecule has 1 saturated heterocycles.